The van der Waals surface area contributed by atoms with E-state index in [1.165, 1.54) is 0 Å². The monoisotopic (exact) mass is 206 g/mol. The molecular formula is C12H18N2O. The quantitative estimate of drug-likeness (QED) is 0.692. The van der Waals surface area contributed by atoms with Gasteiger partial charge in [0.25, 0.3) is 0 Å². The average Bonchev–Trinajstić information content (AvgIpc) is 2.25. The van der Waals surface area contributed by atoms with Crippen molar-refractivity contribution in [3.8, 4) is 5.75 Å². The molecule has 82 valence electrons. The summed E-state index contributed by atoms with van der Waals surface area (Å²) in [5, 5.41) is 16.4. The molecule has 1 heterocycles. The van der Waals surface area contributed by atoms with Gasteiger partial charge < -0.3 is 15.7 Å². The summed E-state index contributed by atoms with van der Waals surface area (Å²) in [7, 11) is 0. The van der Waals surface area contributed by atoms with E-state index in [1.807, 2.05) is 19.1 Å². The lowest BCUT2D eigenvalue weighted by atomic mass is 10.1. The lowest BCUT2D eigenvalue weighted by Crippen LogP contribution is -2.35. The van der Waals surface area contributed by atoms with Crippen LogP contribution in [0.4, 0.5) is 5.69 Å². The van der Waals surface area contributed by atoms with Gasteiger partial charge in [0.2, 0.25) is 0 Å². The van der Waals surface area contributed by atoms with Crippen LogP contribution in [-0.4, -0.2) is 24.2 Å². The Balaban J connectivity index is 2.00. The highest BCUT2D eigenvalue weighted by Crippen LogP contribution is 2.22. The number of rotatable bonds is 2. The van der Waals surface area contributed by atoms with E-state index in [2.05, 4.69) is 10.6 Å². The molecule has 1 aromatic carbocycles. The normalized spacial score (nSPS) is 17.7. The molecule has 0 atom stereocenters. The topological polar surface area (TPSA) is 44.3 Å². The number of aromatic hydroxyl groups is 1. The van der Waals surface area contributed by atoms with Crippen LogP contribution in [0.1, 0.15) is 18.4 Å². The van der Waals surface area contributed by atoms with Gasteiger partial charge in [0, 0.05) is 17.8 Å². The molecule has 0 spiro atoms. The average molecular weight is 206 g/mol. The van der Waals surface area contributed by atoms with Crippen molar-refractivity contribution in [1.82, 2.24) is 5.32 Å². The Morgan fingerprint density at radius 3 is 2.73 bits per heavy atom. The Kier molecular flexibility index (Phi) is 3.11. The van der Waals surface area contributed by atoms with E-state index in [4.69, 9.17) is 0 Å². The number of piperidine rings is 1. The van der Waals surface area contributed by atoms with Crippen LogP contribution >= 0.6 is 0 Å². The highest BCUT2D eigenvalue weighted by atomic mass is 16.3. The zero-order valence-electron chi connectivity index (χ0n) is 9.09. The van der Waals surface area contributed by atoms with Gasteiger partial charge in [0.05, 0.1) is 0 Å². The van der Waals surface area contributed by atoms with Crippen molar-refractivity contribution in [3.05, 3.63) is 23.8 Å². The molecule has 3 N–H and O–H groups in total. The smallest absolute Gasteiger partial charge is 0.120 e. The molecule has 0 bridgehead atoms. The summed E-state index contributed by atoms with van der Waals surface area (Å²) in [5.41, 5.74) is 1.94. The molecule has 1 aromatic rings. The molecule has 0 unspecified atom stereocenters. The van der Waals surface area contributed by atoms with Crippen LogP contribution in [0.25, 0.3) is 0 Å². The predicted octanol–water partition coefficient (Wildman–Crippen LogP) is 1.86. The van der Waals surface area contributed by atoms with Crippen molar-refractivity contribution in [3.63, 3.8) is 0 Å². The van der Waals surface area contributed by atoms with Crippen molar-refractivity contribution in [2.45, 2.75) is 25.8 Å². The first kappa shape index (κ1) is 10.3. The summed E-state index contributed by atoms with van der Waals surface area (Å²) >= 11 is 0. The molecule has 0 saturated carbocycles. The minimum atomic E-state index is 0.369. The Morgan fingerprint density at radius 2 is 2.07 bits per heavy atom. The molecule has 1 saturated heterocycles. The van der Waals surface area contributed by atoms with Gasteiger partial charge in [0.1, 0.15) is 5.75 Å². The molecule has 1 aliphatic heterocycles. The van der Waals surface area contributed by atoms with Crippen LogP contribution < -0.4 is 10.6 Å². The van der Waals surface area contributed by atoms with Gasteiger partial charge in [0.15, 0.2) is 0 Å². The first-order chi connectivity index (χ1) is 7.25. The number of phenolic OH excluding ortho intramolecular Hbond substituents is 1. The molecule has 0 amide bonds. The summed E-state index contributed by atoms with van der Waals surface area (Å²) in [4.78, 5) is 0. The highest BCUT2D eigenvalue weighted by molar-refractivity contribution is 5.51. The molecule has 1 fully saturated rings. The van der Waals surface area contributed by atoms with Crippen LogP contribution in [0.15, 0.2) is 18.2 Å². The van der Waals surface area contributed by atoms with Crippen LogP contribution in [-0.2, 0) is 0 Å². The molecule has 0 radical (unpaired) electrons. The van der Waals surface area contributed by atoms with E-state index in [0.29, 0.717) is 11.8 Å². The Hall–Kier alpha value is -1.22. The minimum absolute atomic E-state index is 0.369. The lowest BCUT2D eigenvalue weighted by molar-refractivity contribution is 0.469. The fourth-order valence-corrected chi connectivity index (χ4v) is 1.90. The van der Waals surface area contributed by atoms with Crippen molar-refractivity contribution in [2.75, 3.05) is 18.4 Å². The summed E-state index contributed by atoms with van der Waals surface area (Å²) in [6.07, 6.45) is 2.29. The van der Waals surface area contributed by atoms with E-state index in [1.54, 1.807) is 6.07 Å². The van der Waals surface area contributed by atoms with Gasteiger partial charge in [-0.25, -0.2) is 0 Å². The van der Waals surface area contributed by atoms with Crippen LogP contribution in [0.3, 0.4) is 0 Å². The SMILES string of the molecule is Cc1ccc(NC2CCNCC2)cc1O. The largest absolute Gasteiger partial charge is 0.508 e. The number of nitrogens with one attached hydrogen (secondary N) is 2. The second-order valence-electron chi connectivity index (χ2n) is 4.17. The fourth-order valence-electron chi connectivity index (χ4n) is 1.90. The first-order valence-electron chi connectivity index (χ1n) is 5.52. The Bertz CT molecular complexity index is 332. The Labute approximate surface area is 90.5 Å². The lowest BCUT2D eigenvalue weighted by Gasteiger charge is -2.24. The van der Waals surface area contributed by atoms with Gasteiger partial charge >= 0.3 is 0 Å². The van der Waals surface area contributed by atoms with Crippen LogP contribution in [0.2, 0.25) is 0 Å². The van der Waals surface area contributed by atoms with Crippen molar-refractivity contribution < 1.29 is 5.11 Å². The van der Waals surface area contributed by atoms with Gasteiger partial charge in [-0.15, -0.1) is 0 Å². The fraction of sp³-hybridized carbons (Fsp3) is 0.500. The zero-order chi connectivity index (χ0) is 10.7. The molecule has 0 aliphatic carbocycles. The third kappa shape index (κ3) is 2.63. The summed E-state index contributed by atoms with van der Waals surface area (Å²) < 4.78 is 0. The van der Waals surface area contributed by atoms with Gasteiger partial charge in [-0.2, -0.15) is 0 Å². The summed E-state index contributed by atoms with van der Waals surface area (Å²) in [6.45, 7) is 4.06. The van der Waals surface area contributed by atoms with E-state index in [-0.39, 0.29) is 0 Å². The van der Waals surface area contributed by atoms with E-state index in [9.17, 15) is 5.11 Å². The number of hydrogen-bond donors (Lipinski definition) is 3. The second-order valence-corrected chi connectivity index (χ2v) is 4.17. The predicted molar refractivity (Wildman–Crippen MR) is 62.4 cm³/mol. The molecule has 15 heavy (non-hydrogen) atoms. The maximum atomic E-state index is 9.58. The van der Waals surface area contributed by atoms with Crippen molar-refractivity contribution in [1.29, 1.82) is 0 Å². The third-order valence-corrected chi connectivity index (χ3v) is 2.92. The highest BCUT2D eigenvalue weighted by Gasteiger charge is 2.12. The van der Waals surface area contributed by atoms with Gasteiger partial charge in [-0.1, -0.05) is 6.07 Å². The summed E-state index contributed by atoms with van der Waals surface area (Å²) in [5.74, 6) is 0.369. The van der Waals surface area contributed by atoms with Gasteiger partial charge in [-0.05, 0) is 44.5 Å². The van der Waals surface area contributed by atoms with Crippen LogP contribution in [0, 0.1) is 6.92 Å². The molecule has 3 heteroatoms. The standard InChI is InChI=1S/C12H18N2O/c1-9-2-3-11(8-12(9)15)14-10-4-6-13-7-5-10/h2-3,8,10,13-15H,4-7H2,1H3. The van der Waals surface area contributed by atoms with E-state index in [0.717, 1.165) is 37.2 Å². The molecular weight excluding hydrogens is 188 g/mol. The van der Waals surface area contributed by atoms with Crippen molar-refractivity contribution >= 4 is 5.69 Å². The number of hydrogen-bond acceptors (Lipinski definition) is 3. The minimum Gasteiger partial charge on any atom is -0.508 e. The van der Waals surface area contributed by atoms with Crippen molar-refractivity contribution in [2.24, 2.45) is 0 Å². The summed E-state index contributed by atoms with van der Waals surface area (Å²) in [6, 6.07) is 6.31. The third-order valence-electron chi connectivity index (χ3n) is 2.92. The number of phenols is 1. The maximum Gasteiger partial charge on any atom is 0.120 e. The van der Waals surface area contributed by atoms with E-state index >= 15 is 0 Å². The number of aryl methyl sites for hydroxylation is 1. The van der Waals surface area contributed by atoms with Gasteiger partial charge in [-0.3, -0.25) is 0 Å². The number of anilines is 1. The maximum absolute atomic E-state index is 9.58. The second kappa shape index (κ2) is 4.53. The first-order valence-corrected chi connectivity index (χ1v) is 5.52. The Morgan fingerprint density at radius 1 is 1.33 bits per heavy atom. The van der Waals surface area contributed by atoms with E-state index < -0.39 is 0 Å². The zero-order valence-corrected chi connectivity index (χ0v) is 9.09. The van der Waals surface area contributed by atoms with Crippen LogP contribution in [0.5, 0.6) is 5.75 Å². The molecule has 2 rings (SSSR count). The molecule has 3 nitrogen and oxygen atoms in total. The molecule has 0 aromatic heterocycles. The number of benzene rings is 1. The molecule has 1 aliphatic rings.